The van der Waals surface area contributed by atoms with Gasteiger partial charge in [-0.1, -0.05) is 23.2 Å². The smallest absolute Gasteiger partial charge is 0.344 e. The Morgan fingerprint density at radius 2 is 1.85 bits per heavy atom. The second kappa shape index (κ2) is 8.10. The maximum Gasteiger partial charge on any atom is 0.344 e. The Hall–Kier alpha value is -2.05. The van der Waals surface area contributed by atoms with Crippen molar-refractivity contribution < 1.29 is 19.1 Å². The highest BCUT2D eigenvalue weighted by Crippen LogP contribution is 2.34. The molecular weight excluding hydrogens is 379 g/mol. The summed E-state index contributed by atoms with van der Waals surface area (Å²) in [5.41, 5.74) is 2.40. The van der Waals surface area contributed by atoms with Crippen molar-refractivity contribution in [2.75, 3.05) is 13.2 Å². The predicted octanol–water partition coefficient (Wildman–Crippen LogP) is 3.83. The summed E-state index contributed by atoms with van der Waals surface area (Å²) >= 11 is 12.5. The number of carbonyl (C=O) groups is 2. The minimum absolute atomic E-state index is 0.182. The highest BCUT2D eigenvalue weighted by atomic mass is 35.5. The molecule has 0 spiro atoms. The summed E-state index contributed by atoms with van der Waals surface area (Å²) in [6.45, 7) is 6.87. The molecule has 0 amide bonds. The van der Waals surface area contributed by atoms with Gasteiger partial charge in [0.15, 0.2) is 6.61 Å². The second-order valence-electron chi connectivity index (χ2n) is 5.81. The first-order valence-corrected chi connectivity index (χ1v) is 8.76. The second-order valence-corrected chi connectivity index (χ2v) is 6.56. The van der Waals surface area contributed by atoms with Crippen molar-refractivity contribution in [3.63, 3.8) is 0 Å². The molecule has 6 nitrogen and oxygen atoms in total. The van der Waals surface area contributed by atoms with Crippen molar-refractivity contribution in [2.45, 2.75) is 27.7 Å². The van der Waals surface area contributed by atoms with Gasteiger partial charge in [-0.15, -0.1) is 0 Å². The number of aryl methyl sites for hydroxylation is 3. The number of halogens is 2. The number of esters is 1. The highest BCUT2D eigenvalue weighted by molar-refractivity contribution is 6.39. The molecule has 0 aliphatic carbocycles. The summed E-state index contributed by atoms with van der Waals surface area (Å²) in [4.78, 5) is 24.7. The lowest BCUT2D eigenvalue weighted by Gasteiger charge is -2.12. The van der Waals surface area contributed by atoms with Crippen LogP contribution in [-0.4, -0.2) is 34.7 Å². The minimum atomic E-state index is -0.527. The lowest BCUT2D eigenvalue weighted by molar-refractivity contribution is -0.145. The Bertz CT molecular complexity index is 875. The maximum absolute atomic E-state index is 13.1. The molecule has 0 bridgehead atoms. The average Bonchev–Trinajstić information content (AvgIpc) is 2.87. The van der Waals surface area contributed by atoms with Crippen LogP contribution in [0.15, 0.2) is 6.07 Å². The van der Waals surface area contributed by atoms with Crippen molar-refractivity contribution in [3.05, 3.63) is 44.1 Å². The molecule has 0 saturated carbocycles. The number of ether oxygens (including phenoxy) is 2. The monoisotopic (exact) mass is 398 g/mol. The number of hydrogen-bond acceptors (Lipinski definition) is 5. The van der Waals surface area contributed by atoms with Gasteiger partial charge in [-0.25, -0.2) is 9.48 Å². The third kappa shape index (κ3) is 3.86. The molecule has 0 aliphatic heterocycles. The summed E-state index contributed by atoms with van der Waals surface area (Å²) < 4.78 is 11.8. The quantitative estimate of drug-likeness (QED) is 0.546. The molecule has 0 atom stereocenters. The fourth-order valence-electron chi connectivity index (χ4n) is 2.63. The van der Waals surface area contributed by atoms with Gasteiger partial charge in [0.1, 0.15) is 5.56 Å². The lowest BCUT2D eigenvalue weighted by atomic mass is 9.99. The van der Waals surface area contributed by atoms with Gasteiger partial charge < -0.3 is 9.47 Å². The van der Waals surface area contributed by atoms with Crippen molar-refractivity contribution in [3.8, 4) is 5.88 Å². The van der Waals surface area contributed by atoms with E-state index in [-0.39, 0.29) is 35.5 Å². The first kappa shape index (κ1) is 20.3. The van der Waals surface area contributed by atoms with Crippen LogP contribution in [0.5, 0.6) is 5.88 Å². The van der Waals surface area contributed by atoms with E-state index in [0.29, 0.717) is 21.8 Å². The number of ketones is 1. The molecule has 0 fully saturated rings. The van der Waals surface area contributed by atoms with Gasteiger partial charge in [-0.05, 0) is 44.9 Å². The zero-order valence-corrected chi connectivity index (χ0v) is 16.8. The molecule has 140 valence electrons. The SMILES string of the molecule is CCOC(=O)COc1c(C(=O)c2cc(C)c(Cl)c(C)c2Cl)c(C)nn1C. The third-order valence-electron chi connectivity index (χ3n) is 3.88. The van der Waals surface area contributed by atoms with Gasteiger partial charge >= 0.3 is 5.97 Å². The van der Waals surface area contributed by atoms with Crippen LogP contribution in [0.3, 0.4) is 0 Å². The third-order valence-corrected chi connectivity index (χ3v) is 4.94. The number of aromatic nitrogens is 2. The van der Waals surface area contributed by atoms with Crippen LogP contribution in [0, 0.1) is 20.8 Å². The van der Waals surface area contributed by atoms with Gasteiger partial charge in [0.05, 0.1) is 17.3 Å². The fourth-order valence-corrected chi connectivity index (χ4v) is 3.06. The molecule has 1 aromatic carbocycles. The first-order chi connectivity index (χ1) is 12.2. The van der Waals surface area contributed by atoms with Crippen molar-refractivity contribution in [1.82, 2.24) is 9.78 Å². The highest BCUT2D eigenvalue weighted by Gasteiger charge is 2.26. The van der Waals surface area contributed by atoms with E-state index in [1.165, 1.54) is 4.68 Å². The number of hydrogen-bond donors (Lipinski definition) is 0. The van der Waals surface area contributed by atoms with E-state index in [9.17, 15) is 9.59 Å². The summed E-state index contributed by atoms with van der Waals surface area (Å²) in [5, 5.41) is 5.03. The summed E-state index contributed by atoms with van der Waals surface area (Å²) in [5.74, 6) is -0.690. The maximum atomic E-state index is 13.1. The van der Waals surface area contributed by atoms with Crippen LogP contribution < -0.4 is 4.74 Å². The number of carbonyl (C=O) groups excluding carboxylic acids is 2. The molecule has 8 heteroatoms. The Morgan fingerprint density at radius 1 is 1.19 bits per heavy atom. The molecule has 2 rings (SSSR count). The van der Waals surface area contributed by atoms with Crippen molar-refractivity contribution in [1.29, 1.82) is 0 Å². The lowest BCUT2D eigenvalue weighted by Crippen LogP contribution is -2.17. The molecule has 1 heterocycles. The molecule has 0 radical (unpaired) electrons. The molecule has 0 saturated heterocycles. The molecule has 2 aromatic rings. The van der Waals surface area contributed by atoms with Crippen LogP contribution >= 0.6 is 23.2 Å². The Kier molecular flexibility index (Phi) is 6.31. The van der Waals surface area contributed by atoms with Gasteiger partial charge in [0, 0.05) is 17.6 Å². The molecule has 26 heavy (non-hydrogen) atoms. The summed E-state index contributed by atoms with van der Waals surface area (Å²) in [6, 6.07) is 1.64. The first-order valence-electron chi connectivity index (χ1n) is 8.00. The van der Waals surface area contributed by atoms with Gasteiger partial charge in [-0.3, -0.25) is 4.79 Å². The van der Waals surface area contributed by atoms with E-state index in [2.05, 4.69) is 5.10 Å². The van der Waals surface area contributed by atoms with Crippen LogP contribution in [0.25, 0.3) is 0 Å². The zero-order chi connectivity index (χ0) is 19.6. The fraction of sp³-hybridized carbons (Fsp3) is 0.389. The summed E-state index contributed by atoms with van der Waals surface area (Å²) in [6.07, 6.45) is 0. The van der Waals surface area contributed by atoms with Gasteiger partial charge in [0.25, 0.3) is 0 Å². The Morgan fingerprint density at radius 3 is 2.46 bits per heavy atom. The molecule has 0 aliphatic rings. The van der Waals surface area contributed by atoms with Crippen LogP contribution in [-0.2, 0) is 16.6 Å². The van der Waals surface area contributed by atoms with Gasteiger partial charge in [-0.2, -0.15) is 5.10 Å². The van der Waals surface area contributed by atoms with Crippen molar-refractivity contribution >= 4 is 35.0 Å². The zero-order valence-electron chi connectivity index (χ0n) is 15.3. The number of rotatable bonds is 6. The van der Waals surface area contributed by atoms with E-state index < -0.39 is 5.97 Å². The Labute approximate surface area is 162 Å². The van der Waals surface area contributed by atoms with Crippen LogP contribution in [0.4, 0.5) is 0 Å². The topological polar surface area (TPSA) is 70.4 Å². The molecular formula is C18H20Cl2N2O4. The van der Waals surface area contributed by atoms with E-state index in [1.54, 1.807) is 40.8 Å². The Balaban J connectivity index is 2.46. The van der Waals surface area contributed by atoms with Crippen molar-refractivity contribution in [2.24, 2.45) is 7.05 Å². The largest absolute Gasteiger partial charge is 0.465 e. The molecule has 0 N–H and O–H groups in total. The van der Waals surface area contributed by atoms with Crippen LogP contribution in [0.2, 0.25) is 10.0 Å². The van der Waals surface area contributed by atoms with Crippen LogP contribution in [0.1, 0.15) is 39.7 Å². The average molecular weight is 399 g/mol. The predicted molar refractivity (Wildman–Crippen MR) is 99.4 cm³/mol. The standard InChI is InChI=1S/C18H20Cl2N2O4/c1-6-25-13(23)8-26-18-14(11(4)21-22(18)5)17(24)12-7-9(2)15(19)10(3)16(12)20/h7H,6,8H2,1-5H3. The molecule has 0 unspecified atom stereocenters. The minimum Gasteiger partial charge on any atom is -0.465 e. The van der Waals surface area contributed by atoms with E-state index in [0.717, 1.165) is 5.56 Å². The van der Waals surface area contributed by atoms with Gasteiger partial charge in [0.2, 0.25) is 11.7 Å². The normalized spacial score (nSPS) is 10.7. The number of nitrogens with zero attached hydrogens (tertiary/aromatic N) is 2. The van der Waals surface area contributed by atoms with E-state index >= 15 is 0 Å². The van der Waals surface area contributed by atoms with E-state index in [1.807, 2.05) is 0 Å². The number of benzene rings is 1. The van der Waals surface area contributed by atoms with E-state index in [4.69, 9.17) is 32.7 Å². The molecule has 1 aromatic heterocycles. The summed E-state index contributed by atoms with van der Waals surface area (Å²) in [7, 11) is 1.63.